The fourth-order valence-electron chi connectivity index (χ4n) is 2.44. The normalized spacial score (nSPS) is 13.1. The number of nitrogens with one attached hydrogen (secondary N) is 1. The van der Waals surface area contributed by atoms with Crippen LogP contribution in [0.4, 0.5) is 0 Å². The summed E-state index contributed by atoms with van der Waals surface area (Å²) in [6.07, 6.45) is 3.44. The SMILES string of the molecule is Cc1cc(C(=N)N)nc(Oc2ccc3c(c2)CCC3)n1. The van der Waals surface area contributed by atoms with Crippen molar-refractivity contribution in [1.82, 2.24) is 9.97 Å². The second kappa shape index (κ2) is 4.92. The van der Waals surface area contributed by atoms with Crippen LogP contribution >= 0.6 is 0 Å². The number of amidine groups is 1. The lowest BCUT2D eigenvalue weighted by Gasteiger charge is -2.08. The Kier molecular flexibility index (Phi) is 3.10. The molecule has 1 aliphatic carbocycles. The first kappa shape index (κ1) is 12.6. The molecule has 0 saturated carbocycles. The van der Waals surface area contributed by atoms with Crippen LogP contribution in [0.25, 0.3) is 0 Å². The highest BCUT2D eigenvalue weighted by Crippen LogP contribution is 2.27. The van der Waals surface area contributed by atoms with E-state index >= 15 is 0 Å². The number of aromatic nitrogens is 2. The predicted octanol–water partition coefficient (Wildman–Crippen LogP) is 2.35. The van der Waals surface area contributed by atoms with Gasteiger partial charge in [-0.1, -0.05) is 6.07 Å². The van der Waals surface area contributed by atoms with Crippen molar-refractivity contribution >= 4 is 5.84 Å². The minimum absolute atomic E-state index is 0.0886. The summed E-state index contributed by atoms with van der Waals surface area (Å²) >= 11 is 0. The lowest BCUT2D eigenvalue weighted by molar-refractivity contribution is 0.439. The number of hydrogen-bond acceptors (Lipinski definition) is 4. The van der Waals surface area contributed by atoms with Gasteiger partial charge in [0.05, 0.1) is 0 Å². The number of benzene rings is 1. The van der Waals surface area contributed by atoms with Gasteiger partial charge in [0, 0.05) is 5.69 Å². The molecule has 3 N–H and O–H groups in total. The summed E-state index contributed by atoms with van der Waals surface area (Å²) in [7, 11) is 0. The molecule has 1 aromatic heterocycles. The minimum atomic E-state index is -0.0886. The van der Waals surface area contributed by atoms with E-state index in [0.29, 0.717) is 5.69 Å². The number of nitrogen functional groups attached to an aromatic ring is 1. The molecule has 5 heteroatoms. The molecule has 0 radical (unpaired) electrons. The van der Waals surface area contributed by atoms with Gasteiger partial charge in [0.2, 0.25) is 0 Å². The third-order valence-electron chi connectivity index (χ3n) is 3.39. The molecule has 102 valence electrons. The molecule has 0 fully saturated rings. The van der Waals surface area contributed by atoms with Gasteiger partial charge < -0.3 is 10.5 Å². The van der Waals surface area contributed by atoms with Gasteiger partial charge in [0.25, 0.3) is 0 Å². The standard InChI is InChI=1S/C15H16N4O/c1-9-7-13(14(16)17)19-15(18-9)20-12-6-5-10-3-2-4-11(10)8-12/h5-8H,2-4H2,1H3,(H3,16,17). The Morgan fingerprint density at radius 2 is 2.00 bits per heavy atom. The summed E-state index contributed by atoms with van der Waals surface area (Å²) in [5, 5.41) is 7.44. The summed E-state index contributed by atoms with van der Waals surface area (Å²) in [6, 6.07) is 7.97. The predicted molar refractivity (Wildman–Crippen MR) is 76.3 cm³/mol. The van der Waals surface area contributed by atoms with Crippen LogP contribution in [0.1, 0.15) is 28.9 Å². The number of aryl methyl sites for hydroxylation is 3. The molecule has 2 aromatic rings. The van der Waals surface area contributed by atoms with Crippen LogP contribution in [0.3, 0.4) is 0 Å². The van der Waals surface area contributed by atoms with Crippen molar-refractivity contribution in [3.63, 3.8) is 0 Å². The fourth-order valence-corrected chi connectivity index (χ4v) is 2.44. The number of nitrogens with two attached hydrogens (primary N) is 1. The number of hydrogen-bond donors (Lipinski definition) is 2. The van der Waals surface area contributed by atoms with E-state index in [1.165, 1.54) is 17.5 Å². The van der Waals surface area contributed by atoms with Crippen molar-refractivity contribution in [2.45, 2.75) is 26.2 Å². The van der Waals surface area contributed by atoms with Crippen molar-refractivity contribution in [3.05, 3.63) is 46.8 Å². The van der Waals surface area contributed by atoms with Gasteiger partial charge in [-0.05, 0) is 55.5 Å². The van der Waals surface area contributed by atoms with Crippen LogP contribution in [0, 0.1) is 12.3 Å². The van der Waals surface area contributed by atoms with Crippen LogP contribution in [0.2, 0.25) is 0 Å². The minimum Gasteiger partial charge on any atom is -0.424 e. The average molecular weight is 268 g/mol. The maximum absolute atomic E-state index is 7.44. The molecule has 0 amide bonds. The van der Waals surface area contributed by atoms with E-state index in [1.54, 1.807) is 6.07 Å². The van der Waals surface area contributed by atoms with Crippen molar-refractivity contribution in [3.8, 4) is 11.8 Å². The van der Waals surface area contributed by atoms with Crippen molar-refractivity contribution in [2.75, 3.05) is 0 Å². The first-order chi connectivity index (χ1) is 9.61. The molecule has 0 aliphatic heterocycles. The first-order valence-corrected chi connectivity index (χ1v) is 6.61. The summed E-state index contributed by atoms with van der Waals surface area (Å²) in [6.45, 7) is 1.82. The Labute approximate surface area is 117 Å². The number of fused-ring (bicyclic) bond motifs is 1. The van der Waals surface area contributed by atoms with E-state index in [0.717, 1.165) is 24.3 Å². The molecular formula is C15H16N4O. The Morgan fingerprint density at radius 3 is 2.80 bits per heavy atom. The average Bonchev–Trinajstić information content (AvgIpc) is 2.85. The van der Waals surface area contributed by atoms with Gasteiger partial charge in [0.15, 0.2) is 0 Å². The lowest BCUT2D eigenvalue weighted by atomic mass is 10.1. The van der Waals surface area contributed by atoms with Gasteiger partial charge in [-0.25, -0.2) is 4.98 Å². The largest absolute Gasteiger partial charge is 0.424 e. The molecule has 0 saturated heterocycles. The van der Waals surface area contributed by atoms with Crippen molar-refractivity contribution < 1.29 is 4.74 Å². The highest BCUT2D eigenvalue weighted by atomic mass is 16.5. The zero-order valence-corrected chi connectivity index (χ0v) is 11.3. The molecule has 1 aromatic carbocycles. The molecule has 0 unspecified atom stereocenters. The van der Waals surface area contributed by atoms with Crippen molar-refractivity contribution in [1.29, 1.82) is 5.41 Å². The lowest BCUT2D eigenvalue weighted by Crippen LogP contribution is -2.14. The zero-order chi connectivity index (χ0) is 14.1. The molecule has 20 heavy (non-hydrogen) atoms. The molecule has 1 aliphatic rings. The number of nitrogens with zero attached hydrogens (tertiary/aromatic N) is 2. The molecular weight excluding hydrogens is 252 g/mol. The Morgan fingerprint density at radius 1 is 1.20 bits per heavy atom. The quantitative estimate of drug-likeness (QED) is 0.661. The molecule has 5 nitrogen and oxygen atoms in total. The third kappa shape index (κ3) is 2.47. The van der Waals surface area contributed by atoms with Gasteiger partial charge in [-0.2, -0.15) is 4.98 Å². The van der Waals surface area contributed by atoms with Crippen molar-refractivity contribution in [2.24, 2.45) is 5.73 Å². The highest BCUT2D eigenvalue weighted by molar-refractivity contribution is 5.93. The molecule has 0 bridgehead atoms. The summed E-state index contributed by atoms with van der Waals surface area (Å²) in [4.78, 5) is 8.36. The monoisotopic (exact) mass is 268 g/mol. The van der Waals surface area contributed by atoms with E-state index < -0.39 is 0 Å². The number of rotatable bonds is 3. The molecule has 0 spiro atoms. The Balaban J connectivity index is 1.89. The van der Waals surface area contributed by atoms with E-state index in [1.807, 2.05) is 19.1 Å². The maximum atomic E-state index is 7.44. The summed E-state index contributed by atoms with van der Waals surface area (Å²) in [5.41, 5.74) is 9.29. The summed E-state index contributed by atoms with van der Waals surface area (Å²) < 4.78 is 5.70. The smallest absolute Gasteiger partial charge is 0.322 e. The van der Waals surface area contributed by atoms with E-state index in [-0.39, 0.29) is 11.8 Å². The van der Waals surface area contributed by atoms with Crippen LogP contribution < -0.4 is 10.5 Å². The zero-order valence-electron chi connectivity index (χ0n) is 11.3. The fraction of sp³-hybridized carbons (Fsp3) is 0.267. The third-order valence-corrected chi connectivity index (χ3v) is 3.39. The topological polar surface area (TPSA) is 84.9 Å². The first-order valence-electron chi connectivity index (χ1n) is 6.61. The molecule has 0 atom stereocenters. The Bertz CT molecular complexity index is 682. The second-order valence-corrected chi connectivity index (χ2v) is 4.98. The summed E-state index contributed by atoms with van der Waals surface area (Å²) in [5.74, 6) is 0.639. The van der Waals surface area contributed by atoms with E-state index in [9.17, 15) is 0 Å². The van der Waals surface area contributed by atoms with E-state index in [2.05, 4.69) is 16.0 Å². The molecule has 1 heterocycles. The van der Waals surface area contributed by atoms with Gasteiger partial charge in [-0.15, -0.1) is 0 Å². The van der Waals surface area contributed by atoms with Crippen LogP contribution in [-0.4, -0.2) is 15.8 Å². The highest BCUT2D eigenvalue weighted by Gasteiger charge is 2.12. The van der Waals surface area contributed by atoms with Gasteiger partial charge >= 0.3 is 6.01 Å². The van der Waals surface area contributed by atoms with Crippen LogP contribution in [0.15, 0.2) is 24.3 Å². The van der Waals surface area contributed by atoms with Crippen LogP contribution in [-0.2, 0) is 12.8 Å². The Hall–Kier alpha value is -2.43. The second-order valence-electron chi connectivity index (χ2n) is 4.98. The number of ether oxygens (including phenoxy) is 1. The molecule has 3 rings (SSSR count). The van der Waals surface area contributed by atoms with E-state index in [4.69, 9.17) is 15.9 Å². The van der Waals surface area contributed by atoms with Crippen LogP contribution in [0.5, 0.6) is 11.8 Å². The van der Waals surface area contributed by atoms with Gasteiger partial charge in [0.1, 0.15) is 17.3 Å². The van der Waals surface area contributed by atoms with Gasteiger partial charge in [-0.3, -0.25) is 5.41 Å². The maximum Gasteiger partial charge on any atom is 0.322 e.